The van der Waals surface area contributed by atoms with Gasteiger partial charge >= 0.3 is 0 Å². The van der Waals surface area contributed by atoms with Gasteiger partial charge in [0, 0.05) is 5.70 Å². The Bertz CT molecular complexity index is 136. The van der Waals surface area contributed by atoms with Crippen molar-refractivity contribution in [3.05, 3.63) is 23.4 Å². The van der Waals surface area contributed by atoms with Gasteiger partial charge in [-0.2, -0.15) is 0 Å². The molecule has 0 aliphatic heterocycles. The van der Waals surface area contributed by atoms with Crippen LogP contribution in [-0.4, -0.2) is 0 Å². The predicted molar refractivity (Wildman–Crippen MR) is 51.2 cm³/mol. The minimum atomic E-state index is 1.02. The van der Waals surface area contributed by atoms with Crippen molar-refractivity contribution in [2.45, 2.75) is 40.0 Å². The van der Waals surface area contributed by atoms with Gasteiger partial charge in [-0.25, -0.2) is 0 Å². The Balaban J connectivity index is 0.000000461. The molecule has 0 saturated heterocycles. The molecule has 0 saturated carbocycles. The van der Waals surface area contributed by atoms with Crippen molar-refractivity contribution in [3.8, 4) is 0 Å². The van der Waals surface area contributed by atoms with E-state index in [9.17, 15) is 0 Å². The summed E-state index contributed by atoms with van der Waals surface area (Å²) in [5.41, 5.74) is 8.07. The van der Waals surface area contributed by atoms with E-state index in [1.807, 2.05) is 19.9 Å². The van der Waals surface area contributed by atoms with Gasteiger partial charge in [0.05, 0.1) is 0 Å². The fourth-order valence-corrected chi connectivity index (χ4v) is 0.987. The number of nitrogens with two attached hydrogens (primary N) is 1. The summed E-state index contributed by atoms with van der Waals surface area (Å²) < 4.78 is 0. The summed E-state index contributed by atoms with van der Waals surface area (Å²) >= 11 is 0. The van der Waals surface area contributed by atoms with Gasteiger partial charge in [0.15, 0.2) is 0 Å². The molecule has 0 bridgehead atoms. The Morgan fingerprint density at radius 3 is 2.45 bits per heavy atom. The van der Waals surface area contributed by atoms with E-state index in [0.29, 0.717) is 0 Å². The average molecular weight is 153 g/mol. The summed E-state index contributed by atoms with van der Waals surface area (Å²) in [6.07, 6.45) is 7.61. The van der Waals surface area contributed by atoms with Crippen LogP contribution in [-0.2, 0) is 0 Å². The summed E-state index contributed by atoms with van der Waals surface area (Å²) in [7, 11) is 0. The third-order valence-electron chi connectivity index (χ3n) is 1.62. The number of rotatable bonds is 0. The van der Waals surface area contributed by atoms with Crippen LogP contribution in [0, 0.1) is 0 Å². The highest BCUT2D eigenvalue weighted by Gasteiger charge is 1.96. The predicted octanol–water partition coefficient (Wildman–Crippen LogP) is 2.99. The van der Waals surface area contributed by atoms with Crippen LogP contribution in [0.25, 0.3) is 0 Å². The normalized spacial score (nSPS) is 17.0. The molecule has 0 aromatic heterocycles. The number of hydrogen-bond acceptors (Lipinski definition) is 1. The smallest absolute Gasteiger partial charge is 0.00805 e. The highest BCUT2D eigenvalue weighted by atomic mass is 14.6. The zero-order chi connectivity index (χ0) is 8.69. The van der Waals surface area contributed by atoms with Crippen LogP contribution >= 0.6 is 0 Å². The van der Waals surface area contributed by atoms with Gasteiger partial charge in [0.1, 0.15) is 0 Å². The maximum atomic E-state index is 5.61. The maximum absolute atomic E-state index is 5.61. The molecule has 1 aliphatic rings. The fourth-order valence-electron chi connectivity index (χ4n) is 0.987. The molecule has 0 fully saturated rings. The fraction of sp³-hybridized carbons (Fsp3) is 0.600. The van der Waals surface area contributed by atoms with Crippen molar-refractivity contribution in [3.63, 3.8) is 0 Å². The summed E-state index contributed by atoms with van der Waals surface area (Å²) in [6, 6.07) is 0. The largest absolute Gasteiger partial charge is 0.402 e. The molecule has 0 spiro atoms. The van der Waals surface area contributed by atoms with Crippen molar-refractivity contribution in [1.82, 2.24) is 0 Å². The van der Waals surface area contributed by atoms with Crippen molar-refractivity contribution in [2.75, 3.05) is 0 Å². The molecule has 1 nitrogen and oxygen atoms in total. The van der Waals surface area contributed by atoms with Crippen LogP contribution in [0.1, 0.15) is 40.0 Å². The van der Waals surface area contributed by atoms with Crippen LogP contribution in [0.3, 0.4) is 0 Å². The van der Waals surface area contributed by atoms with Crippen molar-refractivity contribution in [1.29, 1.82) is 0 Å². The monoisotopic (exact) mass is 153 g/mol. The van der Waals surface area contributed by atoms with E-state index in [1.54, 1.807) is 0 Å². The van der Waals surface area contributed by atoms with Gasteiger partial charge in [-0.3, -0.25) is 0 Å². The van der Waals surface area contributed by atoms with E-state index in [0.717, 1.165) is 12.1 Å². The lowest BCUT2D eigenvalue weighted by molar-refractivity contribution is 0.807. The van der Waals surface area contributed by atoms with Crippen LogP contribution in [0.2, 0.25) is 0 Å². The Morgan fingerprint density at radius 2 is 1.82 bits per heavy atom. The third-order valence-corrected chi connectivity index (χ3v) is 1.62. The van der Waals surface area contributed by atoms with E-state index in [1.165, 1.54) is 18.4 Å². The third kappa shape index (κ3) is 4.65. The van der Waals surface area contributed by atoms with E-state index >= 15 is 0 Å². The van der Waals surface area contributed by atoms with E-state index in [4.69, 9.17) is 5.73 Å². The highest BCUT2D eigenvalue weighted by Crippen LogP contribution is 2.13. The molecule has 64 valence electrons. The molecular formula is C10H19N. The van der Waals surface area contributed by atoms with Gasteiger partial charge in [0.2, 0.25) is 0 Å². The SMILES string of the molecule is CC.CC1=CC=C(N)CCC1. The second kappa shape index (κ2) is 6.02. The molecule has 0 unspecified atom stereocenters. The Hall–Kier alpha value is -0.720. The van der Waals surface area contributed by atoms with E-state index < -0.39 is 0 Å². The van der Waals surface area contributed by atoms with Crippen molar-refractivity contribution >= 4 is 0 Å². The van der Waals surface area contributed by atoms with Crippen molar-refractivity contribution in [2.24, 2.45) is 5.73 Å². The number of allylic oxidation sites excluding steroid dienone is 4. The molecule has 2 N–H and O–H groups in total. The summed E-state index contributed by atoms with van der Waals surface area (Å²) in [5, 5.41) is 0. The number of hydrogen-bond donors (Lipinski definition) is 1. The van der Waals surface area contributed by atoms with Crippen LogP contribution in [0.5, 0.6) is 0 Å². The first kappa shape index (κ1) is 10.3. The van der Waals surface area contributed by atoms with Crippen LogP contribution in [0.4, 0.5) is 0 Å². The molecule has 1 heteroatoms. The Kier molecular flexibility index (Phi) is 5.63. The lowest BCUT2D eigenvalue weighted by Gasteiger charge is -1.94. The molecule has 1 rings (SSSR count). The molecule has 1 aliphatic carbocycles. The van der Waals surface area contributed by atoms with Gasteiger partial charge in [-0.05, 0) is 32.3 Å². The summed E-state index contributed by atoms with van der Waals surface area (Å²) in [4.78, 5) is 0. The molecule has 0 aromatic carbocycles. The molecular weight excluding hydrogens is 134 g/mol. The molecule has 11 heavy (non-hydrogen) atoms. The molecule has 0 aromatic rings. The topological polar surface area (TPSA) is 26.0 Å². The minimum Gasteiger partial charge on any atom is -0.402 e. The zero-order valence-corrected chi connectivity index (χ0v) is 7.85. The zero-order valence-electron chi connectivity index (χ0n) is 7.85. The molecule has 0 atom stereocenters. The second-order valence-electron chi connectivity index (χ2n) is 2.61. The van der Waals surface area contributed by atoms with Gasteiger partial charge in [-0.1, -0.05) is 25.5 Å². The van der Waals surface area contributed by atoms with E-state index in [2.05, 4.69) is 13.0 Å². The standard InChI is InChI=1S/C8H13N.C2H6/c1-7-3-2-4-8(9)6-5-7;1-2/h5-6H,2-4,9H2,1H3;1-2H3. The second-order valence-corrected chi connectivity index (χ2v) is 2.61. The maximum Gasteiger partial charge on any atom is 0.00805 e. The first-order valence-corrected chi connectivity index (χ1v) is 4.41. The lowest BCUT2D eigenvalue weighted by atomic mass is 10.1. The Morgan fingerprint density at radius 1 is 1.18 bits per heavy atom. The molecule has 0 heterocycles. The quantitative estimate of drug-likeness (QED) is 0.569. The summed E-state index contributed by atoms with van der Waals surface area (Å²) in [5.74, 6) is 0. The summed E-state index contributed by atoms with van der Waals surface area (Å²) in [6.45, 7) is 6.15. The minimum absolute atomic E-state index is 1.02. The van der Waals surface area contributed by atoms with Crippen LogP contribution in [0.15, 0.2) is 23.4 Å². The van der Waals surface area contributed by atoms with Gasteiger partial charge in [0.25, 0.3) is 0 Å². The first-order chi connectivity index (χ1) is 5.29. The van der Waals surface area contributed by atoms with Crippen LogP contribution < -0.4 is 5.73 Å². The Labute approximate surface area is 70.0 Å². The molecule has 0 amide bonds. The van der Waals surface area contributed by atoms with Gasteiger partial charge in [-0.15, -0.1) is 0 Å². The average Bonchev–Trinajstić information content (AvgIpc) is 2.20. The highest BCUT2D eigenvalue weighted by molar-refractivity contribution is 5.17. The van der Waals surface area contributed by atoms with E-state index in [-0.39, 0.29) is 0 Å². The van der Waals surface area contributed by atoms with Gasteiger partial charge < -0.3 is 5.73 Å². The van der Waals surface area contributed by atoms with Crippen molar-refractivity contribution < 1.29 is 0 Å². The lowest BCUT2D eigenvalue weighted by Crippen LogP contribution is -1.94. The molecule has 0 radical (unpaired) electrons. The first-order valence-electron chi connectivity index (χ1n) is 4.41.